The van der Waals surface area contributed by atoms with E-state index >= 15 is 0 Å². The van der Waals surface area contributed by atoms with E-state index in [2.05, 4.69) is 62.1 Å². The summed E-state index contributed by atoms with van der Waals surface area (Å²) in [7, 11) is -4.04. The van der Waals surface area contributed by atoms with E-state index in [0.717, 1.165) is 43.9 Å². The highest BCUT2D eigenvalue weighted by atomic mass is 32.2. The van der Waals surface area contributed by atoms with Crippen LogP contribution >= 0.6 is 11.3 Å². The molecule has 7 aromatic rings. The zero-order valence-corrected chi connectivity index (χ0v) is 28.1. The monoisotopic (exact) mass is 681 g/mol. The molecule has 0 aliphatic rings. The molecule has 0 saturated heterocycles. The number of nitrogens with zero attached hydrogens (tertiary/aromatic N) is 5. The third kappa shape index (κ3) is 6.19. The summed E-state index contributed by atoms with van der Waals surface area (Å²) in [5.74, 6) is 0.711. The molecular weight excluding hydrogens is 651 g/mol. The Morgan fingerprint density at radius 1 is 1.08 bits per heavy atom. The highest BCUT2D eigenvalue weighted by Crippen LogP contribution is 2.35. The van der Waals surface area contributed by atoms with Gasteiger partial charge < -0.3 is 13.7 Å². The number of carbonyl (C=O) groups excluding carboxylic acids is 1. The number of tetrazole rings is 1. The molecule has 2 N–H and O–H groups in total. The van der Waals surface area contributed by atoms with Gasteiger partial charge in [-0.25, -0.2) is 18.1 Å². The van der Waals surface area contributed by atoms with E-state index in [1.807, 2.05) is 30.5 Å². The van der Waals surface area contributed by atoms with E-state index in [0.29, 0.717) is 29.2 Å². The summed E-state index contributed by atoms with van der Waals surface area (Å²) in [6, 6.07) is 19.9. The molecule has 0 saturated carbocycles. The zero-order chi connectivity index (χ0) is 33.6. The second kappa shape index (κ2) is 12.0. The molecule has 0 unspecified atom stereocenters. The number of thiazole rings is 1. The number of ether oxygens (including phenoxy) is 1. The number of aryl methyl sites for hydroxylation is 1. The minimum atomic E-state index is -4.04. The van der Waals surface area contributed by atoms with Gasteiger partial charge in [0.2, 0.25) is 5.82 Å². The van der Waals surface area contributed by atoms with Crippen LogP contribution in [-0.2, 0) is 26.8 Å². The molecule has 12 nitrogen and oxygen atoms in total. The van der Waals surface area contributed by atoms with E-state index in [1.54, 1.807) is 48.6 Å². The lowest BCUT2D eigenvalue weighted by molar-refractivity contribution is -0.121. The van der Waals surface area contributed by atoms with Gasteiger partial charge >= 0.3 is 0 Å². The molecule has 4 heterocycles. The number of furan rings is 1. The SMILES string of the molecule is Cc1ccccc1S(=O)(=O)NC(=O)COc1ccc2c(c1)c(-c1nn[nH]n1)cn2Cc1ccc2oc(-c3nc(C(C)(C)C)cs3)cc2c1. The van der Waals surface area contributed by atoms with Gasteiger partial charge in [-0.1, -0.05) is 45.0 Å². The van der Waals surface area contributed by atoms with Crippen molar-refractivity contribution >= 4 is 49.1 Å². The average molecular weight is 682 g/mol. The van der Waals surface area contributed by atoms with E-state index in [9.17, 15) is 13.2 Å². The van der Waals surface area contributed by atoms with Gasteiger partial charge in [0.05, 0.1) is 10.6 Å². The summed E-state index contributed by atoms with van der Waals surface area (Å²) in [5.41, 5.74) is 4.93. The van der Waals surface area contributed by atoms with Crippen LogP contribution in [0.5, 0.6) is 5.75 Å². The third-order valence-electron chi connectivity index (χ3n) is 7.86. The lowest BCUT2D eigenvalue weighted by Gasteiger charge is -2.13. The van der Waals surface area contributed by atoms with Crippen molar-refractivity contribution in [2.24, 2.45) is 0 Å². The Balaban J connectivity index is 1.13. The van der Waals surface area contributed by atoms with E-state index in [4.69, 9.17) is 14.1 Å². The number of aromatic amines is 1. The maximum absolute atomic E-state index is 12.7. The van der Waals surface area contributed by atoms with Gasteiger partial charge in [-0.05, 0) is 65.7 Å². The number of sulfonamides is 1. The number of carbonyl (C=O) groups is 1. The van der Waals surface area contributed by atoms with Crippen LogP contribution < -0.4 is 9.46 Å². The number of benzene rings is 3. The number of hydrogen-bond acceptors (Lipinski definition) is 10. The molecule has 0 bridgehead atoms. The zero-order valence-electron chi connectivity index (χ0n) is 26.5. The molecule has 4 aromatic heterocycles. The molecule has 0 aliphatic heterocycles. The van der Waals surface area contributed by atoms with Crippen molar-refractivity contribution in [3.05, 3.63) is 95.1 Å². The predicted molar refractivity (Wildman–Crippen MR) is 182 cm³/mol. The van der Waals surface area contributed by atoms with Crippen LogP contribution in [0.25, 0.3) is 44.0 Å². The van der Waals surface area contributed by atoms with Crippen molar-refractivity contribution in [2.45, 2.75) is 44.6 Å². The normalized spacial score (nSPS) is 12.2. The first-order chi connectivity index (χ1) is 22.9. The minimum absolute atomic E-state index is 0.0347. The molecule has 7 rings (SSSR count). The number of rotatable bonds is 9. The van der Waals surface area contributed by atoms with Crippen molar-refractivity contribution in [1.82, 2.24) is 34.9 Å². The van der Waals surface area contributed by atoms with Crippen LogP contribution in [0.1, 0.15) is 37.6 Å². The maximum atomic E-state index is 12.7. The molecule has 0 spiro atoms. The molecule has 0 atom stereocenters. The highest BCUT2D eigenvalue weighted by molar-refractivity contribution is 7.90. The number of fused-ring (bicyclic) bond motifs is 2. The Morgan fingerprint density at radius 3 is 2.67 bits per heavy atom. The Kier molecular flexibility index (Phi) is 7.84. The van der Waals surface area contributed by atoms with Gasteiger partial charge in [0.15, 0.2) is 17.4 Å². The van der Waals surface area contributed by atoms with E-state index < -0.39 is 22.5 Å². The Labute approximate surface area is 279 Å². The molecule has 0 fully saturated rings. The number of H-pyrrole nitrogens is 1. The Hall–Kier alpha value is -5.34. The molecule has 0 aliphatic carbocycles. The van der Waals surface area contributed by atoms with Crippen LogP contribution in [0.15, 0.2) is 87.6 Å². The minimum Gasteiger partial charge on any atom is -0.484 e. The summed E-state index contributed by atoms with van der Waals surface area (Å²) in [5, 5.41) is 19.2. The summed E-state index contributed by atoms with van der Waals surface area (Å²) in [6.45, 7) is 8.12. The maximum Gasteiger partial charge on any atom is 0.271 e. The molecule has 244 valence electrons. The number of aromatic nitrogens is 6. The number of amides is 1. The molecule has 1 amide bonds. The Morgan fingerprint density at radius 2 is 1.92 bits per heavy atom. The largest absolute Gasteiger partial charge is 0.484 e. The predicted octanol–water partition coefficient (Wildman–Crippen LogP) is 6.23. The fourth-order valence-corrected chi connectivity index (χ4v) is 7.63. The van der Waals surface area contributed by atoms with Gasteiger partial charge in [0, 0.05) is 45.4 Å². The lowest BCUT2D eigenvalue weighted by atomic mass is 9.93. The van der Waals surface area contributed by atoms with Crippen LogP contribution in [0.3, 0.4) is 0 Å². The molecular formula is C34H31N7O5S2. The van der Waals surface area contributed by atoms with E-state index in [-0.39, 0.29) is 10.3 Å². The highest BCUT2D eigenvalue weighted by Gasteiger charge is 2.22. The summed E-state index contributed by atoms with van der Waals surface area (Å²) >= 11 is 1.57. The summed E-state index contributed by atoms with van der Waals surface area (Å²) in [6.07, 6.45) is 1.94. The first-order valence-corrected chi connectivity index (χ1v) is 17.4. The van der Waals surface area contributed by atoms with Crippen molar-refractivity contribution in [3.63, 3.8) is 0 Å². The van der Waals surface area contributed by atoms with Crippen LogP contribution in [-0.4, -0.2) is 51.1 Å². The number of hydrogen-bond donors (Lipinski definition) is 2. The van der Waals surface area contributed by atoms with Crippen LogP contribution in [0, 0.1) is 6.92 Å². The third-order valence-corrected chi connectivity index (χ3v) is 10.2. The second-order valence-corrected chi connectivity index (χ2v) is 14.9. The smallest absolute Gasteiger partial charge is 0.271 e. The van der Waals surface area contributed by atoms with Crippen LogP contribution in [0.2, 0.25) is 0 Å². The van der Waals surface area contributed by atoms with Crippen molar-refractivity contribution in [2.75, 3.05) is 6.61 Å². The number of nitrogens with one attached hydrogen (secondary N) is 2. The fourth-order valence-electron chi connectivity index (χ4n) is 5.42. The first-order valence-electron chi connectivity index (χ1n) is 15.0. The van der Waals surface area contributed by atoms with Crippen molar-refractivity contribution in [1.29, 1.82) is 0 Å². The topological polar surface area (TPSA) is 158 Å². The molecule has 48 heavy (non-hydrogen) atoms. The van der Waals surface area contributed by atoms with Crippen LogP contribution in [0.4, 0.5) is 0 Å². The second-order valence-electron chi connectivity index (χ2n) is 12.4. The summed E-state index contributed by atoms with van der Waals surface area (Å²) < 4.78 is 41.5. The molecule has 3 aromatic carbocycles. The van der Waals surface area contributed by atoms with Gasteiger partial charge in [0.1, 0.15) is 11.3 Å². The first kappa shape index (κ1) is 31.3. The van der Waals surface area contributed by atoms with E-state index in [1.165, 1.54) is 6.07 Å². The van der Waals surface area contributed by atoms with Gasteiger partial charge in [-0.3, -0.25) is 4.79 Å². The molecule has 14 heteroatoms. The van der Waals surface area contributed by atoms with Crippen molar-refractivity contribution < 1.29 is 22.4 Å². The average Bonchev–Trinajstić information content (AvgIpc) is 3.85. The van der Waals surface area contributed by atoms with Gasteiger partial charge in [-0.2, -0.15) is 5.21 Å². The molecule has 0 radical (unpaired) electrons. The van der Waals surface area contributed by atoms with Gasteiger partial charge in [0.25, 0.3) is 15.9 Å². The van der Waals surface area contributed by atoms with Crippen molar-refractivity contribution in [3.8, 4) is 27.9 Å². The Bertz CT molecular complexity index is 2400. The van der Waals surface area contributed by atoms with Gasteiger partial charge in [-0.15, -0.1) is 21.5 Å². The summed E-state index contributed by atoms with van der Waals surface area (Å²) in [4.78, 5) is 17.4. The standard InChI is InChI=1S/C34H31N7O5S2/c1-20-7-5-6-8-29(20)48(43,44)38-31(42)18-45-23-10-11-26-24(15-23)25(32-36-39-40-37-32)17-41(26)16-21-9-12-27-22(13-21)14-28(46-27)33-35-30(19-47-33)34(2,3)4/h5-15,17,19H,16,18H2,1-4H3,(H,38,42)(H,36,37,39,40). The fraction of sp³-hybridized carbons (Fsp3) is 0.206. The quantitative estimate of drug-likeness (QED) is 0.180. The lowest BCUT2D eigenvalue weighted by Crippen LogP contribution is -2.34.